The fraction of sp³-hybridized carbons (Fsp3) is 0.118. The number of fused-ring (bicyclic) bond motifs is 1. The van der Waals surface area contributed by atoms with Crippen LogP contribution in [-0.2, 0) is 0 Å². The molecular formula is C17H14N2O4. The Morgan fingerprint density at radius 2 is 1.87 bits per heavy atom. The molecule has 6 nitrogen and oxygen atoms in total. The first-order valence-corrected chi connectivity index (χ1v) is 7.08. The maximum Gasteiger partial charge on any atom is 0.269 e. The minimum Gasteiger partial charge on any atom is -0.459 e. The quantitative estimate of drug-likeness (QED) is 0.586. The summed E-state index contributed by atoms with van der Waals surface area (Å²) in [6, 6.07) is 14.6. The van der Waals surface area contributed by atoms with Crippen LogP contribution in [0.15, 0.2) is 59.0 Å². The minimum absolute atomic E-state index is 0.0492. The molecule has 23 heavy (non-hydrogen) atoms. The van der Waals surface area contributed by atoms with E-state index >= 15 is 0 Å². The van der Waals surface area contributed by atoms with Crippen molar-refractivity contribution in [2.45, 2.75) is 13.0 Å². The molecule has 0 aliphatic carbocycles. The zero-order valence-electron chi connectivity index (χ0n) is 12.4. The van der Waals surface area contributed by atoms with Gasteiger partial charge in [-0.1, -0.05) is 18.2 Å². The van der Waals surface area contributed by atoms with Crippen LogP contribution in [0.1, 0.15) is 29.1 Å². The average Bonchev–Trinajstić information content (AvgIpc) is 2.99. The van der Waals surface area contributed by atoms with Crippen molar-refractivity contribution in [2.75, 3.05) is 0 Å². The molecule has 1 heterocycles. The van der Waals surface area contributed by atoms with Crippen LogP contribution in [0.3, 0.4) is 0 Å². The first-order chi connectivity index (χ1) is 11.0. The summed E-state index contributed by atoms with van der Waals surface area (Å²) >= 11 is 0. The number of non-ortho nitro benzene ring substituents is 1. The highest BCUT2D eigenvalue weighted by Gasteiger charge is 2.16. The van der Waals surface area contributed by atoms with E-state index in [0.717, 1.165) is 11.0 Å². The Bertz CT molecular complexity index is 835. The second-order valence-corrected chi connectivity index (χ2v) is 5.19. The summed E-state index contributed by atoms with van der Waals surface area (Å²) < 4.78 is 5.71. The van der Waals surface area contributed by atoms with Crippen molar-refractivity contribution in [3.8, 4) is 0 Å². The molecule has 0 radical (unpaired) electrons. The van der Waals surface area contributed by atoms with Gasteiger partial charge < -0.3 is 9.73 Å². The number of rotatable bonds is 4. The van der Waals surface area contributed by atoms with E-state index in [1.54, 1.807) is 0 Å². The Kier molecular flexibility index (Phi) is 3.80. The van der Waals surface area contributed by atoms with Crippen LogP contribution >= 0.6 is 0 Å². The fourth-order valence-corrected chi connectivity index (χ4v) is 2.30. The number of benzene rings is 2. The number of nitro groups is 1. The molecule has 0 fully saturated rings. The number of furan rings is 1. The molecule has 3 rings (SSSR count). The van der Waals surface area contributed by atoms with Crippen LogP contribution in [0.4, 0.5) is 5.69 Å². The molecule has 2 aromatic carbocycles. The standard InChI is InChI=1S/C17H14N2O4/c1-11(16-10-13-4-2-3-5-15(13)23-16)18-17(20)12-6-8-14(9-7-12)19(21)22/h2-11H,1H3,(H,18,20)/t11-/m0/s1. The van der Waals surface area contributed by atoms with Crippen molar-refractivity contribution < 1.29 is 14.1 Å². The minimum atomic E-state index is -0.501. The van der Waals surface area contributed by atoms with Crippen molar-refractivity contribution >= 4 is 22.6 Å². The maximum atomic E-state index is 12.2. The van der Waals surface area contributed by atoms with Crippen LogP contribution in [-0.4, -0.2) is 10.8 Å². The lowest BCUT2D eigenvalue weighted by Crippen LogP contribution is -2.26. The van der Waals surface area contributed by atoms with E-state index in [1.165, 1.54) is 24.3 Å². The molecule has 0 aliphatic heterocycles. The number of carbonyl (C=O) groups is 1. The van der Waals surface area contributed by atoms with Crippen LogP contribution < -0.4 is 5.32 Å². The predicted octanol–water partition coefficient (Wildman–Crippen LogP) is 3.83. The molecule has 6 heteroatoms. The molecular weight excluding hydrogens is 296 g/mol. The Hall–Kier alpha value is -3.15. The molecule has 1 atom stereocenters. The van der Waals surface area contributed by atoms with Crippen LogP contribution in [0.5, 0.6) is 0 Å². The van der Waals surface area contributed by atoms with Crippen molar-refractivity contribution in [2.24, 2.45) is 0 Å². The monoisotopic (exact) mass is 310 g/mol. The Morgan fingerprint density at radius 1 is 1.17 bits per heavy atom. The summed E-state index contributed by atoms with van der Waals surface area (Å²) in [5, 5.41) is 14.4. The number of carbonyl (C=O) groups excluding carboxylic acids is 1. The lowest BCUT2D eigenvalue weighted by Gasteiger charge is -2.11. The number of nitro benzene ring substituents is 1. The summed E-state index contributed by atoms with van der Waals surface area (Å²) in [6.45, 7) is 1.82. The topological polar surface area (TPSA) is 85.4 Å². The van der Waals surface area contributed by atoms with Gasteiger partial charge in [0.25, 0.3) is 11.6 Å². The summed E-state index contributed by atoms with van der Waals surface area (Å²) in [7, 11) is 0. The Balaban J connectivity index is 1.74. The van der Waals surface area contributed by atoms with Gasteiger partial charge in [0.1, 0.15) is 11.3 Å². The van der Waals surface area contributed by atoms with Crippen LogP contribution in [0.25, 0.3) is 11.0 Å². The summed E-state index contributed by atoms with van der Waals surface area (Å²) in [6.07, 6.45) is 0. The van der Waals surface area contributed by atoms with Gasteiger partial charge in [-0.15, -0.1) is 0 Å². The second-order valence-electron chi connectivity index (χ2n) is 5.19. The van der Waals surface area contributed by atoms with Gasteiger partial charge >= 0.3 is 0 Å². The van der Waals surface area contributed by atoms with E-state index in [4.69, 9.17) is 4.42 Å². The zero-order chi connectivity index (χ0) is 16.4. The fourth-order valence-electron chi connectivity index (χ4n) is 2.30. The smallest absolute Gasteiger partial charge is 0.269 e. The van der Waals surface area contributed by atoms with Crippen molar-refractivity contribution in [1.82, 2.24) is 5.32 Å². The van der Waals surface area contributed by atoms with Gasteiger partial charge in [0, 0.05) is 23.1 Å². The average molecular weight is 310 g/mol. The molecule has 0 saturated carbocycles. The van der Waals surface area contributed by atoms with Crippen molar-refractivity contribution in [3.63, 3.8) is 0 Å². The highest BCUT2D eigenvalue weighted by atomic mass is 16.6. The Morgan fingerprint density at radius 3 is 2.52 bits per heavy atom. The molecule has 0 bridgehead atoms. The number of hydrogen-bond acceptors (Lipinski definition) is 4. The molecule has 3 aromatic rings. The number of amides is 1. The highest BCUT2D eigenvalue weighted by molar-refractivity contribution is 5.94. The Labute approximate surface area is 131 Å². The third-order valence-corrected chi connectivity index (χ3v) is 3.56. The van der Waals surface area contributed by atoms with Crippen molar-refractivity contribution in [1.29, 1.82) is 0 Å². The maximum absolute atomic E-state index is 12.2. The van der Waals surface area contributed by atoms with Gasteiger partial charge in [0.15, 0.2) is 0 Å². The van der Waals surface area contributed by atoms with E-state index in [-0.39, 0.29) is 17.6 Å². The zero-order valence-corrected chi connectivity index (χ0v) is 12.4. The lowest BCUT2D eigenvalue weighted by atomic mass is 10.1. The first kappa shape index (κ1) is 14.8. The number of para-hydroxylation sites is 1. The second kappa shape index (κ2) is 5.92. The predicted molar refractivity (Wildman–Crippen MR) is 85.2 cm³/mol. The van der Waals surface area contributed by atoms with Crippen LogP contribution in [0.2, 0.25) is 0 Å². The summed E-state index contributed by atoms with van der Waals surface area (Å²) in [4.78, 5) is 22.3. The summed E-state index contributed by atoms with van der Waals surface area (Å²) in [5.41, 5.74) is 1.07. The lowest BCUT2D eigenvalue weighted by molar-refractivity contribution is -0.384. The first-order valence-electron chi connectivity index (χ1n) is 7.08. The number of nitrogens with zero attached hydrogens (tertiary/aromatic N) is 1. The molecule has 1 N–H and O–H groups in total. The molecule has 1 amide bonds. The van der Waals surface area contributed by atoms with Gasteiger partial charge in [0.05, 0.1) is 11.0 Å². The van der Waals surface area contributed by atoms with Gasteiger partial charge in [0.2, 0.25) is 0 Å². The van der Waals surface area contributed by atoms with Crippen molar-refractivity contribution in [3.05, 3.63) is 76.0 Å². The van der Waals surface area contributed by atoms with Gasteiger partial charge in [-0.25, -0.2) is 0 Å². The molecule has 0 spiro atoms. The molecule has 116 valence electrons. The van der Waals surface area contributed by atoms with E-state index in [0.29, 0.717) is 11.3 Å². The van der Waals surface area contributed by atoms with E-state index < -0.39 is 4.92 Å². The molecule has 0 aliphatic rings. The third kappa shape index (κ3) is 3.06. The van der Waals surface area contributed by atoms with Gasteiger partial charge in [-0.2, -0.15) is 0 Å². The van der Waals surface area contributed by atoms with E-state index in [1.807, 2.05) is 37.3 Å². The van der Waals surface area contributed by atoms with Gasteiger partial charge in [-0.3, -0.25) is 14.9 Å². The SMILES string of the molecule is C[C@H](NC(=O)c1ccc([N+](=O)[O-])cc1)c1cc2ccccc2o1. The van der Waals surface area contributed by atoms with E-state index in [9.17, 15) is 14.9 Å². The molecule has 0 unspecified atom stereocenters. The number of nitrogens with one attached hydrogen (secondary N) is 1. The third-order valence-electron chi connectivity index (χ3n) is 3.56. The van der Waals surface area contributed by atoms with Gasteiger partial charge in [-0.05, 0) is 31.2 Å². The highest BCUT2D eigenvalue weighted by Crippen LogP contribution is 2.24. The summed E-state index contributed by atoms with van der Waals surface area (Å²) in [5.74, 6) is 0.342. The normalized spacial score (nSPS) is 12.0. The number of hydrogen-bond donors (Lipinski definition) is 1. The largest absolute Gasteiger partial charge is 0.459 e. The van der Waals surface area contributed by atoms with E-state index in [2.05, 4.69) is 5.32 Å². The van der Waals surface area contributed by atoms with Crippen LogP contribution in [0, 0.1) is 10.1 Å². The molecule has 0 saturated heterocycles. The molecule has 1 aromatic heterocycles.